The molecule has 0 fully saturated rings. The molecule has 1 rings (SSSR count). The lowest BCUT2D eigenvalue weighted by molar-refractivity contribution is -0.275. The van der Waals surface area contributed by atoms with Crippen LogP contribution >= 0.6 is 0 Å². The molecule has 0 bridgehead atoms. The third kappa shape index (κ3) is 3.77. The van der Waals surface area contributed by atoms with Gasteiger partial charge in [-0.25, -0.2) is 0 Å². The number of esters is 1. The first kappa shape index (κ1) is 14.6. The van der Waals surface area contributed by atoms with Crippen LogP contribution in [0.4, 0.5) is 13.2 Å². The van der Waals surface area contributed by atoms with E-state index in [0.717, 1.165) is 19.2 Å². The van der Waals surface area contributed by atoms with Gasteiger partial charge in [-0.1, -0.05) is 0 Å². The summed E-state index contributed by atoms with van der Waals surface area (Å²) in [5.74, 6) is -2.14. The number of nitriles is 1. The second-order valence-electron chi connectivity index (χ2n) is 3.35. The number of phenols is 1. The van der Waals surface area contributed by atoms with Crippen LogP contribution in [0.3, 0.4) is 0 Å². The smallest absolute Gasteiger partial charge is 0.507 e. The standard InChI is InChI=1S/C11H8F3NO4/c1-18-10(17)4-6-7(5-15)8(16)2-3-9(6)19-11(12,13)14/h2-3,16H,4H2,1H3. The van der Waals surface area contributed by atoms with E-state index < -0.39 is 35.8 Å². The van der Waals surface area contributed by atoms with E-state index in [-0.39, 0.29) is 5.56 Å². The number of carbonyl (C=O) groups is 1. The number of carbonyl (C=O) groups excluding carboxylic acids is 1. The molecular weight excluding hydrogens is 267 g/mol. The Hall–Kier alpha value is -2.43. The van der Waals surface area contributed by atoms with Crippen LogP contribution in [0.5, 0.6) is 11.5 Å². The summed E-state index contributed by atoms with van der Waals surface area (Å²) in [5, 5.41) is 18.2. The topological polar surface area (TPSA) is 79.6 Å². The van der Waals surface area contributed by atoms with E-state index in [4.69, 9.17) is 5.26 Å². The van der Waals surface area contributed by atoms with Gasteiger partial charge in [-0.3, -0.25) is 4.79 Å². The highest BCUT2D eigenvalue weighted by Gasteiger charge is 2.33. The average molecular weight is 275 g/mol. The highest BCUT2D eigenvalue weighted by Crippen LogP contribution is 2.33. The van der Waals surface area contributed by atoms with E-state index >= 15 is 0 Å². The number of hydrogen-bond donors (Lipinski definition) is 1. The molecule has 0 aliphatic carbocycles. The van der Waals surface area contributed by atoms with Crippen LogP contribution < -0.4 is 4.74 Å². The number of hydrogen-bond acceptors (Lipinski definition) is 5. The van der Waals surface area contributed by atoms with Gasteiger partial charge in [-0.15, -0.1) is 13.2 Å². The number of ether oxygens (including phenoxy) is 2. The second kappa shape index (κ2) is 5.48. The first-order valence-corrected chi connectivity index (χ1v) is 4.86. The van der Waals surface area contributed by atoms with Crippen LogP contribution in [0, 0.1) is 11.3 Å². The molecule has 1 aromatic carbocycles. The number of aromatic hydroxyl groups is 1. The zero-order valence-electron chi connectivity index (χ0n) is 9.61. The molecule has 0 aliphatic heterocycles. The second-order valence-corrected chi connectivity index (χ2v) is 3.35. The van der Waals surface area contributed by atoms with Crippen molar-refractivity contribution in [3.05, 3.63) is 23.3 Å². The fraction of sp³-hybridized carbons (Fsp3) is 0.273. The van der Waals surface area contributed by atoms with E-state index in [1.807, 2.05) is 0 Å². The Morgan fingerprint density at radius 2 is 2.11 bits per heavy atom. The van der Waals surface area contributed by atoms with Crippen LogP contribution in [-0.2, 0) is 16.0 Å². The Balaban J connectivity index is 3.31. The zero-order chi connectivity index (χ0) is 14.6. The lowest BCUT2D eigenvalue weighted by atomic mass is 10.0. The van der Waals surface area contributed by atoms with E-state index in [1.54, 1.807) is 0 Å². The maximum absolute atomic E-state index is 12.2. The number of nitrogens with zero attached hydrogens (tertiary/aromatic N) is 1. The van der Waals surface area contributed by atoms with Crippen molar-refractivity contribution in [3.63, 3.8) is 0 Å². The van der Waals surface area contributed by atoms with Crippen LogP contribution in [0.1, 0.15) is 11.1 Å². The van der Waals surface area contributed by atoms with Gasteiger partial charge in [-0.2, -0.15) is 5.26 Å². The molecule has 0 spiro atoms. The number of halogens is 3. The summed E-state index contributed by atoms with van der Waals surface area (Å²) in [6.45, 7) is 0. The van der Waals surface area contributed by atoms with Gasteiger partial charge < -0.3 is 14.6 Å². The molecule has 0 atom stereocenters. The van der Waals surface area contributed by atoms with Crippen LogP contribution in [0.15, 0.2) is 12.1 Å². The van der Waals surface area contributed by atoms with E-state index in [2.05, 4.69) is 9.47 Å². The molecule has 5 nitrogen and oxygen atoms in total. The first-order chi connectivity index (χ1) is 8.78. The van der Waals surface area contributed by atoms with Crippen LogP contribution in [-0.4, -0.2) is 24.5 Å². The SMILES string of the molecule is COC(=O)Cc1c(OC(F)(F)F)ccc(O)c1C#N. The summed E-state index contributed by atoms with van der Waals surface area (Å²) in [4.78, 5) is 11.1. The molecule has 0 radical (unpaired) electrons. The van der Waals surface area contributed by atoms with E-state index in [9.17, 15) is 23.1 Å². The van der Waals surface area contributed by atoms with E-state index in [0.29, 0.717) is 0 Å². The summed E-state index contributed by atoms with van der Waals surface area (Å²) >= 11 is 0. The molecule has 19 heavy (non-hydrogen) atoms. The molecule has 0 saturated heterocycles. The average Bonchev–Trinajstić information content (AvgIpc) is 2.31. The van der Waals surface area contributed by atoms with Crippen LogP contribution in [0.25, 0.3) is 0 Å². The lowest BCUT2D eigenvalue weighted by Gasteiger charge is -2.14. The van der Waals surface area contributed by atoms with Crippen molar-refractivity contribution < 1.29 is 32.5 Å². The van der Waals surface area contributed by atoms with Crippen molar-refractivity contribution in [2.45, 2.75) is 12.8 Å². The third-order valence-corrected chi connectivity index (χ3v) is 2.13. The quantitative estimate of drug-likeness (QED) is 0.852. The summed E-state index contributed by atoms with van der Waals surface area (Å²) < 4.78 is 44.6. The fourth-order valence-electron chi connectivity index (χ4n) is 1.35. The molecule has 0 saturated carbocycles. The molecule has 0 unspecified atom stereocenters. The predicted molar refractivity (Wildman–Crippen MR) is 55.2 cm³/mol. The van der Waals surface area contributed by atoms with Gasteiger partial charge in [0.2, 0.25) is 0 Å². The van der Waals surface area contributed by atoms with Gasteiger partial charge in [0.25, 0.3) is 0 Å². The highest BCUT2D eigenvalue weighted by atomic mass is 19.4. The largest absolute Gasteiger partial charge is 0.573 e. The number of alkyl halides is 3. The highest BCUT2D eigenvalue weighted by molar-refractivity contribution is 5.75. The molecule has 0 aliphatic rings. The third-order valence-electron chi connectivity index (χ3n) is 2.13. The summed E-state index contributed by atoms with van der Waals surface area (Å²) in [5.41, 5.74) is -0.848. The Morgan fingerprint density at radius 3 is 2.58 bits per heavy atom. The molecule has 1 N–H and O–H groups in total. The van der Waals surface area contributed by atoms with Gasteiger partial charge in [0.1, 0.15) is 23.1 Å². The van der Waals surface area contributed by atoms with Crippen molar-refractivity contribution in [2.24, 2.45) is 0 Å². The number of methoxy groups -OCH3 is 1. The van der Waals surface area contributed by atoms with Crippen molar-refractivity contribution in [2.75, 3.05) is 7.11 Å². The van der Waals surface area contributed by atoms with Crippen LogP contribution in [0.2, 0.25) is 0 Å². The van der Waals surface area contributed by atoms with Crippen molar-refractivity contribution in [1.82, 2.24) is 0 Å². The Morgan fingerprint density at radius 1 is 1.47 bits per heavy atom. The zero-order valence-corrected chi connectivity index (χ0v) is 9.61. The molecule has 1 aromatic rings. The number of benzene rings is 1. The Bertz CT molecular complexity index is 534. The first-order valence-electron chi connectivity index (χ1n) is 4.86. The molecule has 8 heteroatoms. The molecule has 0 heterocycles. The van der Waals surface area contributed by atoms with Gasteiger partial charge >= 0.3 is 12.3 Å². The Labute approximate surface area is 105 Å². The van der Waals surface area contributed by atoms with Gasteiger partial charge in [-0.05, 0) is 12.1 Å². The Kier molecular flexibility index (Phi) is 4.22. The minimum Gasteiger partial charge on any atom is -0.507 e. The predicted octanol–water partition coefficient (Wildman–Crippen LogP) is 1.88. The normalized spacial score (nSPS) is 10.7. The summed E-state index contributed by atoms with van der Waals surface area (Å²) in [7, 11) is 1.04. The number of phenolic OH excluding ortho intramolecular Hbond substituents is 1. The molecule has 0 aromatic heterocycles. The fourth-order valence-corrected chi connectivity index (χ4v) is 1.35. The molecule has 102 valence electrons. The maximum Gasteiger partial charge on any atom is 0.573 e. The van der Waals surface area contributed by atoms with Gasteiger partial charge in [0.05, 0.1) is 13.5 Å². The lowest BCUT2D eigenvalue weighted by Crippen LogP contribution is -2.19. The minimum atomic E-state index is -4.98. The molecule has 0 amide bonds. The van der Waals surface area contributed by atoms with E-state index in [1.165, 1.54) is 6.07 Å². The minimum absolute atomic E-state index is 0.383. The summed E-state index contributed by atoms with van der Waals surface area (Å²) in [6, 6.07) is 3.21. The van der Waals surface area contributed by atoms with Crippen molar-refractivity contribution >= 4 is 5.97 Å². The van der Waals surface area contributed by atoms with Crippen molar-refractivity contribution in [3.8, 4) is 17.6 Å². The maximum atomic E-state index is 12.2. The molecular formula is C11H8F3NO4. The van der Waals surface area contributed by atoms with Gasteiger partial charge in [0, 0.05) is 5.56 Å². The summed E-state index contributed by atoms with van der Waals surface area (Å²) in [6.07, 6.45) is -5.60. The number of rotatable bonds is 3. The van der Waals surface area contributed by atoms with Gasteiger partial charge in [0.15, 0.2) is 0 Å². The van der Waals surface area contributed by atoms with Crippen molar-refractivity contribution in [1.29, 1.82) is 5.26 Å². The monoisotopic (exact) mass is 275 g/mol.